The Morgan fingerprint density at radius 1 is 1.22 bits per heavy atom. The van der Waals surface area contributed by atoms with Crippen molar-refractivity contribution in [1.82, 2.24) is 24.5 Å². The molecule has 0 amide bonds. The number of anilines is 3. The van der Waals surface area contributed by atoms with Gasteiger partial charge in [-0.2, -0.15) is 4.98 Å². The normalized spacial score (nSPS) is 15.3. The number of ether oxygens (including phenoxy) is 1. The van der Waals surface area contributed by atoms with Crippen molar-refractivity contribution in [3.63, 3.8) is 0 Å². The molecular weight excluding hydrogens is 342 g/mol. The predicted octanol–water partition coefficient (Wildman–Crippen LogP) is 2.02. The van der Waals surface area contributed by atoms with Crippen LogP contribution in [0.1, 0.15) is 17.7 Å². The number of nitrogens with one attached hydrogen (secondary N) is 1. The van der Waals surface area contributed by atoms with Crippen molar-refractivity contribution in [2.45, 2.75) is 19.8 Å². The summed E-state index contributed by atoms with van der Waals surface area (Å²) in [6, 6.07) is 8.07. The van der Waals surface area contributed by atoms with E-state index in [9.17, 15) is 0 Å². The van der Waals surface area contributed by atoms with E-state index in [4.69, 9.17) is 10.5 Å². The van der Waals surface area contributed by atoms with Crippen molar-refractivity contribution in [3.05, 3.63) is 41.7 Å². The first-order chi connectivity index (χ1) is 13.2. The zero-order chi connectivity index (χ0) is 18.6. The lowest BCUT2D eigenvalue weighted by Gasteiger charge is -2.26. The largest absolute Gasteiger partial charge is 0.381 e. The standard InChI is InChI=1S/C19H25N7O/c1-14-4-2-5-15(12-14)22-19-23-18-17(20)21-16(13-26(18)24-19)6-3-7-25-8-10-27-11-9-25/h2,4-5,12-13H,3,6-11H2,1H3,(H2,20,21)(H,22,24). The topological polar surface area (TPSA) is 93.6 Å². The third-order valence-electron chi connectivity index (χ3n) is 4.68. The Morgan fingerprint density at radius 3 is 2.89 bits per heavy atom. The molecule has 1 aliphatic heterocycles. The van der Waals surface area contributed by atoms with Crippen LogP contribution in [0.25, 0.3) is 5.65 Å². The first kappa shape index (κ1) is 17.7. The van der Waals surface area contributed by atoms with Crippen molar-refractivity contribution < 1.29 is 4.74 Å². The van der Waals surface area contributed by atoms with Gasteiger partial charge in [0.2, 0.25) is 5.95 Å². The van der Waals surface area contributed by atoms with E-state index in [2.05, 4.69) is 25.3 Å². The van der Waals surface area contributed by atoms with Crippen molar-refractivity contribution in [1.29, 1.82) is 0 Å². The molecule has 4 rings (SSSR count). The van der Waals surface area contributed by atoms with Gasteiger partial charge in [0.25, 0.3) is 0 Å². The number of nitrogens with zero attached hydrogens (tertiary/aromatic N) is 5. The van der Waals surface area contributed by atoms with Crippen LogP contribution in [0, 0.1) is 6.92 Å². The zero-order valence-corrected chi connectivity index (χ0v) is 15.6. The number of aryl methyl sites for hydroxylation is 2. The number of morpholine rings is 1. The summed E-state index contributed by atoms with van der Waals surface area (Å²) >= 11 is 0. The van der Waals surface area contributed by atoms with Crippen LogP contribution in [0.3, 0.4) is 0 Å². The second kappa shape index (κ2) is 7.89. The zero-order valence-electron chi connectivity index (χ0n) is 15.6. The first-order valence-electron chi connectivity index (χ1n) is 9.33. The lowest BCUT2D eigenvalue weighted by atomic mass is 10.2. The molecule has 1 aromatic carbocycles. The summed E-state index contributed by atoms with van der Waals surface area (Å²) in [6.45, 7) is 6.75. The average molecular weight is 367 g/mol. The molecule has 3 heterocycles. The minimum absolute atomic E-state index is 0.406. The van der Waals surface area contributed by atoms with Crippen molar-refractivity contribution in [2.75, 3.05) is 43.9 Å². The maximum atomic E-state index is 6.11. The Morgan fingerprint density at radius 2 is 2.07 bits per heavy atom. The van der Waals surface area contributed by atoms with E-state index < -0.39 is 0 Å². The molecule has 0 spiro atoms. The Balaban J connectivity index is 1.44. The van der Waals surface area contributed by atoms with Gasteiger partial charge in [-0.15, -0.1) is 5.10 Å². The number of nitrogens with two attached hydrogens (primary N) is 1. The van der Waals surface area contributed by atoms with Gasteiger partial charge in [0.15, 0.2) is 11.5 Å². The molecule has 0 radical (unpaired) electrons. The van der Waals surface area contributed by atoms with E-state index >= 15 is 0 Å². The van der Waals surface area contributed by atoms with Crippen LogP contribution in [0.4, 0.5) is 17.5 Å². The Kier molecular flexibility index (Phi) is 5.17. The summed E-state index contributed by atoms with van der Waals surface area (Å²) in [7, 11) is 0. The summed E-state index contributed by atoms with van der Waals surface area (Å²) in [5, 5.41) is 7.73. The molecule has 1 saturated heterocycles. The molecule has 1 fully saturated rings. The van der Waals surface area contributed by atoms with Crippen LogP contribution in [0.15, 0.2) is 30.5 Å². The van der Waals surface area contributed by atoms with E-state index in [0.717, 1.165) is 57.1 Å². The molecule has 0 aliphatic carbocycles. The van der Waals surface area contributed by atoms with Gasteiger partial charge in [0.05, 0.1) is 25.1 Å². The van der Waals surface area contributed by atoms with Gasteiger partial charge in [-0.05, 0) is 44.0 Å². The van der Waals surface area contributed by atoms with Crippen LogP contribution in [0.2, 0.25) is 0 Å². The molecule has 8 nitrogen and oxygen atoms in total. The summed E-state index contributed by atoms with van der Waals surface area (Å²) < 4.78 is 7.10. The minimum Gasteiger partial charge on any atom is -0.381 e. The Labute approximate surface area is 158 Å². The molecule has 3 aromatic rings. The first-order valence-corrected chi connectivity index (χ1v) is 9.33. The van der Waals surface area contributed by atoms with Gasteiger partial charge < -0.3 is 15.8 Å². The van der Waals surface area contributed by atoms with E-state index in [-0.39, 0.29) is 0 Å². The average Bonchev–Trinajstić information content (AvgIpc) is 3.06. The number of hydrogen-bond acceptors (Lipinski definition) is 7. The molecule has 142 valence electrons. The molecule has 0 atom stereocenters. The lowest BCUT2D eigenvalue weighted by Crippen LogP contribution is -2.37. The van der Waals surface area contributed by atoms with Crippen LogP contribution < -0.4 is 11.1 Å². The molecule has 0 saturated carbocycles. The van der Waals surface area contributed by atoms with E-state index in [0.29, 0.717) is 17.4 Å². The lowest BCUT2D eigenvalue weighted by molar-refractivity contribution is 0.0374. The number of rotatable bonds is 6. The maximum Gasteiger partial charge on any atom is 0.247 e. The second-order valence-corrected chi connectivity index (χ2v) is 6.87. The molecule has 0 unspecified atom stereocenters. The fourth-order valence-electron chi connectivity index (χ4n) is 3.30. The summed E-state index contributed by atoms with van der Waals surface area (Å²) in [4.78, 5) is 11.4. The fourth-order valence-corrected chi connectivity index (χ4v) is 3.30. The molecule has 8 heteroatoms. The van der Waals surface area contributed by atoms with E-state index in [1.165, 1.54) is 5.56 Å². The Hall–Kier alpha value is -2.71. The minimum atomic E-state index is 0.406. The van der Waals surface area contributed by atoms with Gasteiger partial charge in [0, 0.05) is 18.8 Å². The van der Waals surface area contributed by atoms with Crippen molar-refractivity contribution in [2.24, 2.45) is 0 Å². The number of nitrogen functional groups attached to an aromatic ring is 1. The third kappa shape index (κ3) is 4.35. The highest BCUT2D eigenvalue weighted by Gasteiger charge is 2.12. The monoisotopic (exact) mass is 367 g/mol. The molecule has 2 aromatic heterocycles. The number of benzene rings is 1. The highest BCUT2D eigenvalue weighted by atomic mass is 16.5. The molecule has 1 aliphatic rings. The summed E-state index contributed by atoms with van der Waals surface area (Å²) in [5.41, 5.74) is 9.74. The van der Waals surface area contributed by atoms with Crippen LogP contribution in [-0.4, -0.2) is 57.3 Å². The summed E-state index contributed by atoms with van der Waals surface area (Å²) in [6.07, 6.45) is 3.80. The van der Waals surface area contributed by atoms with Crippen LogP contribution in [0.5, 0.6) is 0 Å². The number of fused-ring (bicyclic) bond motifs is 1. The number of hydrogen-bond donors (Lipinski definition) is 2. The second-order valence-electron chi connectivity index (χ2n) is 6.87. The highest BCUT2D eigenvalue weighted by Crippen LogP contribution is 2.18. The third-order valence-corrected chi connectivity index (χ3v) is 4.68. The van der Waals surface area contributed by atoms with Gasteiger partial charge in [0.1, 0.15) is 0 Å². The van der Waals surface area contributed by atoms with Crippen molar-refractivity contribution >= 4 is 23.1 Å². The maximum absolute atomic E-state index is 6.11. The van der Waals surface area contributed by atoms with Crippen LogP contribution in [-0.2, 0) is 11.2 Å². The summed E-state index contributed by atoms with van der Waals surface area (Å²) in [5.74, 6) is 0.920. The molecular formula is C19H25N7O. The molecule has 3 N–H and O–H groups in total. The highest BCUT2D eigenvalue weighted by molar-refractivity contribution is 5.63. The van der Waals surface area contributed by atoms with Gasteiger partial charge >= 0.3 is 0 Å². The SMILES string of the molecule is Cc1cccc(Nc2nc3c(N)nc(CCCN4CCOCC4)cn3n2)c1. The Bertz CT molecular complexity index is 918. The predicted molar refractivity (Wildman–Crippen MR) is 105 cm³/mol. The molecule has 27 heavy (non-hydrogen) atoms. The van der Waals surface area contributed by atoms with Gasteiger partial charge in [-0.3, -0.25) is 4.90 Å². The van der Waals surface area contributed by atoms with E-state index in [1.807, 2.05) is 37.4 Å². The van der Waals surface area contributed by atoms with Crippen molar-refractivity contribution in [3.8, 4) is 0 Å². The molecule has 0 bridgehead atoms. The smallest absolute Gasteiger partial charge is 0.247 e. The van der Waals surface area contributed by atoms with E-state index in [1.54, 1.807) is 4.52 Å². The fraction of sp³-hybridized carbons (Fsp3) is 0.421. The quantitative estimate of drug-likeness (QED) is 0.688. The van der Waals surface area contributed by atoms with Gasteiger partial charge in [-0.25, -0.2) is 9.50 Å². The number of aromatic nitrogens is 4. The van der Waals surface area contributed by atoms with Gasteiger partial charge in [-0.1, -0.05) is 12.1 Å². The van der Waals surface area contributed by atoms with Crippen LogP contribution >= 0.6 is 0 Å².